The average molecular weight is 298 g/mol. The molecule has 2 N–H and O–H groups in total. The van der Waals surface area contributed by atoms with Gasteiger partial charge in [0.15, 0.2) is 17.6 Å². The SMILES string of the molecule is C[C@@H](OC(=O)/C=C/c1cc(Cl)c2c(c1)OCO2)C(N)=O. The maximum Gasteiger partial charge on any atom is 0.331 e. The van der Waals surface area contributed by atoms with Crippen molar-refractivity contribution in [3.63, 3.8) is 0 Å². The molecule has 0 aromatic heterocycles. The molecule has 1 heterocycles. The molecule has 1 aliphatic heterocycles. The lowest BCUT2D eigenvalue weighted by atomic mass is 10.2. The summed E-state index contributed by atoms with van der Waals surface area (Å²) in [5.41, 5.74) is 5.63. The van der Waals surface area contributed by atoms with Gasteiger partial charge in [-0.25, -0.2) is 4.79 Å². The van der Waals surface area contributed by atoms with Crippen molar-refractivity contribution in [3.8, 4) is 11.5 Å². The fourth-order valence-electron chi connectivity index (χ4n) is 1.52. The Morgan fingerprint density at radius 3 is 2.90 bits per heavy atom. The first-order chi connectivity index (χ1) is 9.47. The molecule has 0 aliphatic carbocycles. The Morgan fingerprint density at radius 2 is 2.20 bits per heavy atom. The Morgan fingerprint density at radius 1 is 1.45 bits per heavy atom. The van der Waals surface area contributed by atoms with Crippen LogP contribution in [0.15, 0.2) is 18.2 Å². The van der Waals surface area contributed by atoms with E-state index in [4.69, 9.17) is 31.5 Å². The van der Waals surface area contributed by atoms with Crippen molar-refractivity contribution >= 4 is 29.6 Å². The number of primary amides is 1. The van der Waals surface area contributed by atoms with Crippen LogP contribution in [0.3, 0.4) is 0 Å². The number of esters is 1. The molecule has 0 saturated carbocycles. The van der Waals surface area contributed by atoms with Gasteiger partial charge in [-0.1, -0.05) is 11.6 Å². The van der Waals surface area contributed by atoms with Crippen LogP contribution in [0, 0.1) is 0 Å². The molecule has 2 rings (SSSR count). The van der Waals surface area contributed by atoms with Gasteiger partial charge in [-0.15, -0.1) is 0 Å². The topological polar surface area (TPSA) is 87.8 Å². The fourth-order valence-corrected chi connectivity index (χ4v) is 1.79. The summed E-state index contributed by atoms with van der Waals surface area (Å²) in [4.78, 5) is 22.2. The summed E-state index contributed by atoms with van der Waals surface area (Å²) in [5, 5.41) is 0.388. The first-order valence-corrected chi connectivity index (χ1v) is 6.12. The van der Waals surface area contributed by atoms with Crippen LogP contribution in [0.25, 0.3) is 6.08 Å². The van der Waals surface area contributed by atoms with Crippen molar-refractivity contribution in [2.24, 2.45) is 5.73 Å². The van der Waals surface area contributed by atoms with E-state index in [1.165, 1.54) is 19.1 Å². The summed E-state index contributed by atoms with van der Waals surface area (Å²) in [6, 6.07) is 3.30. The van der Waals surface area contributed by atoms with Crippen LogP contribution in [0.1, 0.15) is 12.5 Å². The lowest BCUT2D eigenvalue weighted by molar-refractivity contribution is -0.148. The highest BCUT2D eigenvalue weighted by atomic mass is 35.5. The molecular formula is C13H12ClNO5. The molecule has 0 unspecified atom stereocenters. The largest absolute Gasteiger partial charge is 0.454 e. The second-order valence-corrected chi connectivity index (χ2v) is 4.46. The number of halogens is 1. The zero-order chi connectivity index (χ0) is 14.7. The molecule has 1 amide bonds. The number of amides is 1. The second kappa shape index (κ2) is 5.83. The van der Waals surface area contributed by atoms with Crippen LogP contribution in [-0.2, 0) is 14.3 Å². The van der Waals surface area contributed by atoms with Crippen molar-refractivity contribution in [2.45, 2.75) is 13.0 Å². The van der Waals surface area contributed by atoms with Crippen LogP contribution >= 0.6 is 11.6 Å². The predicted molar refractivity (Wildman–Crippen MR) is 71.4 cm³/mol. The van der Waals surface area contributed by atoms with Crippen LogP contribution in [0.4, 0.5) is 0 Å². The van der Waals surface area contributed by atoms with E-state index in [1.807, 2.05) is 0 Å². The molecule has 0 bridgehead atoms. The number of hydrogen-bond acceptors (Lipinski definition) is 5. The molecule has 0 fully saturated rings. The molecule has 1 atom stereocenters. The van der Waals surface area contributed by atoms with Gasteiger partial charge in [-0.3, -0.25) is 4.79 Å². The summed E-state index contributed by atoms with van der Waals surface area (Å²) >= 11 is 6.00. The van der Waals surface area contributed by atoms with E-state index < -0.39 is 18.0 Å². The monoisotopic (exact) mass is 297 g/mol. The molecule has 106 valence electrons. The van der Waals surface area contributed by atoms with E-state index in [0.29, 0.717) is 22.1 Å². The highest BCUT2D eigenvalue weighted by molar-refractivity contribution is 6.32. The quantitative estimate of drug-likeness (QED) is 0.672. The molecule has 7 heteroatoms. The smallest absolute Gasteiger partial charge is 0.331 e. The number of fused-ring (bicyclic) bond motifs is 1. The molecular weight excluding hydrogens is 286 g/mol. The van der Waals surface area contributed by atoms with Gasteiger partial charge in [0, 0.05) is 6.08 Å². The van der Waals surface area contributed by atoms with Gasteiger partial charge in [-0.2, -0.15) is 0 Å². The van der Waals surface area contributed by atoms with Gasteiger partial charge >= 0.3 is 5.97 Å². The molecule has 1 aromatic carbocycles. The molecule has 20 heavy (non-hydrogen) atoms. The van der Waals surface area contributed by atoms with E-state index in [1.54, 1.807) is 12.1 Å². The van der Waals surface area contributed by atoms with Gasteiger partial charge in [0.25, 0.3) is 5.91 Å². The highest BCUT2D eigenvalue weighted by Crippen LogP contribution is 2.40. The van der Waals surface area contributed by atoms with Gasteiger partial charge in [0.1, 0.15) is 0 Å². The van der Waals surface area contributed by atoms with E-state index in [2.05, 4.69) is 0 Å². The molecule has 1 aromatic rings. The van der Waals surface area contributed by atoms with Gasteiger partial charge < -0.3 is 19.9 Å². The molecule has 0 spiro atoms. The third-order valence-corrected chi connectivity index (χ3v) is 2.84. The lowest BCUT2D eigenvalue weighted by Crippen LogP contribution is -2.29. The van der Waals surface area contributed by atoms with E-state index >= 15 is 0 Å². The Balaban J connectivity index is 2.06. The first-order valence-electron chi connectivity index (χ1n) is 5.74. The van der Waals surface area contributed by atoms with Crippen LogP contribution < -0.4 is 15.2 Å². The Labute approximate surface area is 120 Å². The summed E-state index contributed by atoms with van der Waals surface area (Å²) in [6.45, 7) is 1.51. The number of benzene rings is 1. The third-order valence-electron chi connectivity index (χ3n) is 2.56. The van der Waals surface area contributed by atoms with Crippen LogP contribution in [0.2, 0.25) is 5.02 Å². The van der Waals surface area contributed by atoms with Crippen molar-refractivity contribution < 1.29 is 23.8 Å². The molecule has 1 aliphatic rings. The number of rotatable bonds is 4. The Hall–Kier alpha value is -2.21. The van der Waals surface area contributed by atoms with Crippen LogP contribution in [-0.4, -0.2) is 24.8 Å². The number of nitrogens with two attached hydrogens (primary N) is 1. The minimum absolute atomic E-state index is 0.111. The Bertz CT molecular complexity index is 584. The van der Waals surface area contributed by atoms with Gasteiger partial charge in [0.05, 0.1) is 5.02 Å². The number of carbonyl (C=O) groups is 2. The normalized spacial score (nSPS) is 14.3. The standard InChI is InChI=1S/C13H12ClNO5/c1-7(13(15)17)20-11(16)3-2-8-4-9(14)12-10(5-8)18-6-19-12/h2-5,7H,6H2,1H3,(H2,15,17)/b3-2+/t7-/m1/s1. The minimum Gasteiger partial charge on any atom is -0.454 e. The summed E-state index contributed by atoms with van der Waals surface area (Å²) in [6.07, 6.45) is 1.68. The first kappa shape index (κ1) is 14.2. The third kappa shape index (κ3) is 3.21. The predicted octanol–water partition coefficient (Wildman–Crippen LogP) is 1.50. The van der Waals surface area contributed by atoms with E-state index in [-0.39, 0.29) is 6.79 Å². The van der Waals surface area contributed by atoms with E-state index in [9.17, 15) is 9.59 Å². The molecule has 6 nitrogen and oxygen atoms in total. The fraction of sp³-hybridized carbons (Fsp3) is 0.231. The summed E-state index contributed by atoms with van der Waals surface area (Å²) < 4.78 is 15.1. The zero-order valence-corrected chi connectivity index (χ0v) is 11.3. The zero-order valence-electron chi connectivity index (χ0n) is 10.6. The van der Waals surface area contributed by atoms with E-state index in [0.717, 1.165) is 0 Å². The van der Waals surface area contributed by atoms with Crippen molar-refractivity contribution in [3.05, 3.63) is 28.8 Å². The maximum absolute atomic E-state index is 11.4. The van der Waals surface area contributed by atoms with Gasteiger partial charge in [-0.05, 0) is 30.7 Å². The Kier molecular flexibility index (Phi) is 4.14. The van der Waals surface area contributed by atoms with Crippen molar-refractivity contribution in [1.29, 1.82) is 0 Å². The number of ether oxygens (including phenoxy) is 3. The molecule has 0 radical (unpaired) electrons. The van der Waals surface area contributed by atoms with Crippen LogP contribution in [0.5, 0.6) is 11.5 Å². The minimum atomic E-state index is -0.979. The van der Waals surface area contributed by atoms with Crippen molar-refractivity contribution in [2.75, 3.05) is 6.79 Å². The molecule has 0 saturated heterocycles. The lowest BCUT2D eigenvalue weighted by Gasteiger charge is -2.06. The van der Waals surface area contributed by atoms with Gasteiger partial charge in [0.2, 0.25) is 6.79 Å². The maximum atomic E-state index is 11.4. The number of hydrogen-bond donors (Lipinski definition) is 1. The second-order valence-electron chi connectivity index (χ2n) is 4.05. The number of carbonyl (C=O) groups excluding carboxylic acids is 2. The summed E-state index contributed by atoms with van der Waals surface area (Å²) in [5.74, 6) is -0.396. The van der Waals surface area contributed by atoms with Crippen molar-refractivity contribution in [1.82, 2.24) is 0 Å². The highest BCUT2D eigenvalue weighted by Gasteiger charge is 2.18. The summed E-state index contributed by atoms with van der Waals surface area (Å²) in [7, 11) is 0. The average Bonchev–Trinajstić information content (AvgIpc) is 2.85.